The van der Waals surface area contributed by atoms with Crippen LogP contribution in [0.1, 0.15) is 28.6 Å². The molecule has 1 fully saturated rings. The molecule has 3 heterocycles. The Kier molecular flexibility index (Phi) is 4.57. The Hall–Kier alpha value is -3.61. The number of likely N-dealkylation sites (tertiary alicyclic amines) is 1. The normalized spacial score (nSPS) is 18.8. The fraction of sp³-hybridized carbons (Fsp3) is 0.190. The predicted molar refractivity (Wildman–Crippen MR) is 101 cm³/mol. The van der Waals surface area contributed by atoms with Crippen LogP contribution in [0.15, 0.2) is 65.2 Å². The van der Waals surface area contributed by atoms with E-state index >= 15 is 0 Å². The molecule has 0 aliphatic carbocycles. The zero-order valence-corrected chi connectivity index (χ0v) is 15.3. The minimum absolute atomic E-state index is 0.0356. The third-order valence-electron chi connectivity index (χ3n) is 4.85. The van der Waals surface area contributed by atoms with Gasteiger partial charge in [-0.2, -0.15) is 0 Å². The summed E-state index contributed by atoms with van der Waals surface area (Å²) in [7, 11) is 0. The van der Waals surface area contributed by atoms with Gasteiger partial charge in [0.1, 0.15) is 17.6 Å². The van der Waals surface area contributed by atoms with E-state index in [1.807, 2.05) is 19.1 Å². The number of aryl methyl sites for hydroxylation is 1. The fourth-order valence-corrected chi connectivity index (χ4v) is 3.38. The lowest BCUT2D eigenvalue weighted by atomic mass is 9.99. The first kappa shape index (κ1) is 17.8. The highest BCUT2D eigenvalue weighted by Gasteiger charge is 2.47. The molecule has 1 amide bonds. The van der Waals surface area contributed by atoms with E-state index in [2.05, 4.69) is 9.97 Å². The largest absolute Gasteiger partial charge is 0.507 e. The molecule has 1 aliphatic rings. The van der Waals surface area contributed by atoms with Crippen molar-refractivity contribution in [2.24, 2.45) is 0 Å². The molecule has 7 nitrogen and oxygen atoms in total. The van der Waals surface area contributed by atoms with Crippen LogP contribution in [0, 0.1) is 6.92 Å². The third kappa shape index (κ3) is 3.11. The minimum Gasteiger partial charge on any atom is -0.507 e. The number of carbonyl (C=O) groups is 2. The molecule has 0 spiro atoms. The van der Waals surface area contributed by atoms with Crippen LogP contribution in [0.4, 0.5) is 0 Å². The molecule has 1 aromatic carbocycles. The lowest BCUT2D eigenvalue weighted by molar-refractivity contribution is -0.140. The molecule has 1 saturated heterocycles. The molecular weight excluding hydrogens is 358 g/mol. The molecule has 0 radical (unpaired) electrons. The number of aliphatic hydroxyl groups is 1. The number of amides is 1. The smallest absolute Gasteiger partial charge is 0.295 e. The Labute approximate surface area is 161 Å². The number of ketones is 1. The minimum atomic E-state index is -0.778. The van der Waals surface area contributed by atoms with Crippen molar-refractivity contribution < 1.29 is 19.1 Å². The van der Waals surface area contributed by atoms with Crippen molar-refractivity contribution in [1.29, 1.82) is 0 Å². The summed E-state index contributed by atoms with van der Waals surface area (Å²) in [6.07, 6.45) is 5.21. The van der Waals surface area contributed by atoms with Crippen LogP contribution in [0.25, 0.3) is 5.76 Å². The highest BCUT2D eigenvalue weighted by Crippen LogP contribution is 2.39. The van der Waals surface area contributed by atoms with Gasteiger partial charge in [-0.1, -0.05) is 29.8 Å². The number of rotatable bonds is 5. The van der Waals surface area contributed by atoms with E-state index in [4.69, 9.17) is 4.42 Å². The number of H-pyrrole nitrogens is 1. The Morgan fingerprint density at radius 1 is 1.25 bits per heavy atom. The van der Waals surface area contributed by atoms with Gasteiger partial charge < -0.3 is 19.4 Å². The molecule has 7 heteroatoms. The van der Waals surface area contributed by atoms with Crippen LogP contribution < -0.4 is 0 Å². The Morgan fingerprint density at radius 2 is 2.04 bits per heavy atom. The van der Waals surface area contributed by atoms with E-state index in [1.165, 1.54) is 11.2 Å². The van der Waals surface area contributed by atoms with Crippen molar-refractivity contribution in [3.8, 4) is 0 Å². The Balaban J connectivity index is 1.76. The lowest BCUT2D eigenvalue weighted by Crippen LogP contribution is -2.31. The van der Waals surface area contributed by atoms with Crippen molar-refractivity contribution >= 4 is 17.4 Å². The summed E-state index contributed by atoms with van der Waals surface area (Å²) in [5.41, 5.74) is 2.39. The van der Waals surface area contributed by atoms with Crippen LogP contribution in [0.3, 0.4) is 0 Å². The predicted octanol–water partition coefficient (Wildman–Crippen LogP) is 2.98. The summed E-state index contributed by atoms with van der Waals surface area (Å²) in [5.74, 6) is -1.15. The Bertz CT molecular complexity index is 1020. The molecule has 3 aromatic rings. The quantitative estimate of drug-likeness (QED) is 0.405. The number of hydrogen-bond donors (Lipinski definition) is 2. The summed E-state index contributed by atoms with van der Waals surface area (Å²) >= 11 is 0. The molecule has 1 unspecified atom stereocenters. The van der Waals surface area contributed by atoms with Crippen molar-refractivity contribution in [2.45, 2.75) is 19.4 Å². The SMILES string of the molecule is Cc1ccc(/C(O)=C2/C(=O)C(=O)N(CCc3cnc[nH]3)C2c2ccco2)cc1. The third-order valence-corrected chi connectivity index (χ3v) is 4.85. The molecule has 142 valence electrons. The van der Waals surface area contributed by atoms with E-state index in [1.54, 1.807) is 36.8 Å². The topological polar surface area (TPSA) is 99.4 Å². The van der Waals surface area contributed by atoms with Crippen LogP contribution >= 0.6 is 0 Å². The second-order valence-corrected chi connectivity index (χ2v) is 6.70. The second kappa shape index (κ2) is 7.19. The molecular formula is C21H19N3O4. The average Bonchev–Trinajstić information content (AvgIpc) is 3.43. The summed E-state index contributed by atoms with van der Waals surface area (Å²) in [6, 6.07) is 9.73. The number of furan rings is 1. The zero-order valence-electron chi connectivity index (χ0n) is 15.3. The summed E-state index contributed by atoms with van der Waals surface area (Å²) in [6.45, 7) is 2.21. The molecule has 4 rings (SSSR count). The average molecular weight is 377 g/mol. The summed E-state index contributed by atoms with van der Waals surface area (Å²) in [4.78, 5) is 33.9. The molecule has 2 aromatic heterocycles. The van der Waals surface area contributed by atoms with Crippen molar-refractivity contribution in [2.75, 3.05) is 6.54 Å². The maximum Gasteiger partial charge on any atom is 0.295 e. The number of hydrogen-bond acceptors (Lipinski definition) is 5. The van der Waals surface area contributed by atoms with Crippen LogP contribution in [0.2, 0.25) is 0 Å². The van der Waals surface area contributed by atoms with Gasteiger partial charge in [0.25, 0.3) is 11.7 Å². The van der Waals surface area contributed by atoms with Crippen molar-refractivity contribution in [3.05, 3.63) is 83.3 Å². The fourth-order valence-electron chi connectivity index (χ4n) is 3.38. The van der Waals surface area contributed by atoms with Gasteiger partial charge in [0.05, 0.1) is 18.2 Å². The number of imidazole rings is 1. The van der Waals surface area contributed by atoms with Gasteiger partial charge in [0, 0.05) is 30.4 Å². The second-order valence-electron chi connectivity index (χ2n) is 6.70. The number of nitrogens with one attached hydrogen (secondary N) is 1. The first-order chi connectivity index (χ1) is 13.6. The number of carbonyl (C=O) groups excluding carboxylic acids is 2. The first-order valence-electron chi connectivity index (χ1n) is 8.92. The van der Waals surface area contributed by atoms with Crippen LogP contribution in [-0.2, 0) is 16.0 Å². The highest BCUT2D eigenvalue weighted by molar-refractivity contribution is 6.46. The van der Waals surface area contributed by atoms with E-state index < -0.39 is 17.7 Å². The van der Waals surface area contributed by atoms with Gasteiger partial charge in [-0.15, -0.1) is 0 Å². The van der Waals surface area contributed by atoms with Crippen LogP contribution in [0.5, 0.6) is 0 Å². The monoisotopic (exact) mass is 377 g/mol. The van der Waals surface area contributed by atoms with Gasteiger partial charge >= 0.3 is 0 Å². The number of aromatic amines is 1. The van der Waals surface area contributed by atoms with E-state index in [9.17, 15) is 14.7 Å². The number of Topliss-reactive ketones (excluding diaryl/α,β-unsaturated/α-hetero) is 1. The molecule has 1 aliphatic heterocycles. The molecule has 0 saturated carbocycles. The van der Waals surface area contributed by atoms with Crippen molar-refractivity contribution in [3.63, 3.8) is 0 Å². The van der Waals surface area contributed by atoms with E-state index in [0.29, 0.717) is 17.7 Å². The van der Waals surface area contributed by atoms with Gasteiger partial charge in [-0.05, 0) is 19.1 Å². The maximum atomic E-state index is 12.8. The van der Waals surface area contributed by atoms with Crippen molar-refractivity contribution in [1.82, 2.24) is 14.9 Å². The van der Waals surface area contributed by atoms with E-state index in [0.717, 1.165) is 11.3 Å². The molecule has 2 N–H and O–H groups in total. The zero-order chi connectivity index (χ0) is 19.7. The lowest BCUT2D eigenvalue weighted by Gasteiger charge is -2.23. The molecule has 1 atom stereocenters. The Morgan fingerprint density at radius 3 is 2.68 bits per heavy atom. The number of aliphatic hydroxyl groups excluding tert-OH is 1. The van der Waals surface area contributed by atoms with Gasteiger partial charge in [-0.3, -0.25) is 9.59 Å². The molecule has 0 bridgehead atoms. The van der Waals surface area contributed by atoms with Gasteiger partial charge in [0.15, 0.2) is 0 Å². The maximum absolute atomic E-state index is 12.8. The first-order valence-corrected chi connectivity index (χ1v) is 8.92. The summed E-state index contributed by atoms with van der Waals surface area (Å²) < 4.78 is 5.51. The van der Waals surface area contributed by atoms with Gasteiger partial charge in [-0.25, -0.2) is 4.98 Å². The highest BCUT2D eigenvalue weighted by atomic mass is 16.3. The number of benzene rings is 1. The standard InChI is InChI=1S/C21H19N3O4/c1-13-4-6-14(7-5-13)19(25)17-18(16-3-2-10-28-16)24(21(27)20(17)26)9-8-15-11-22-12-23-15/h2-7,10-12,18,25H,8-9H2,1H3,(H,22,23)/b19-17-. The number of aromatic nitrogens is 2. The van der Waals surface area contributed by atoms with Gasteiger partial charge in [0.2, 0.25) is 0 Å². The van der Waals surface area contributed by atoms with Crippen LogP contribution in [-0.4, -0.2) is 38.2 Å². The molecule has 28 heavy (non-hydrogen) atoms. The van der Waals surface area contributed by atoms with E-state index in [-0.39, 0.29) is 17.9 Å². The summed E-state index contributed by atoms with van der Waals surface area (Å²) in [5, 5.41) is 10.9. The number of nitrogens with zero attached hydrogens (tertiary/aromatic N) is 2.